The van der Waals surface area contributed by atoms with Crippen molar-refractivity contribution in [3.05, 3.63) is 12.2 Å². The zero-order valence-corrected chi connectivity index (χ0v) is 47.5. The SMILES string of the molecule is CCCCCCCCCCCCCCCCCCC(O)C(CO)NC(=O)CCCCCCCCC/C=C\CCCCCCCCCCCCCCOC(=O)CCCCCCCCCCCCCCCC. The van der Waals surface area contributed by atoms with Crippen LogP contribution in [0.1, 0.15) is 361 Å². The average Bonchev–Trinajstić information content (AvgIpc) is 3.36. The van der Waals surface area contributed by atoms with Gasteiger partial charge in [0.05, 0.1) is 25.4 Å². The smallest absolute Gasteiger partial charge is 0.305 e. The number of nitrogens with one attached hydrogen (secondary N) is 1. The van der Waals surface area contributed by atoms with Gasteiger partial charge in [0, 0.05) is 12.8 Å². The van der Waals surface area contributed by atoms with Gasteiger partial charge in [-0.05, 0) is 51.4 Å². The van der Waals surface area contributed by atoms with E-state index in [-0.39, 0.29) is 18.5 Å². The summed E-state index contributed by atoms with van der Waals surface area (Å²) < 4.78 is 5.49. The first kappa shape index (κ1) is 68.6. The molecule has 0 aliphatic heterocycles. The molecule has 2 atom stereocenters. The second-order valence-corrected chi connectivity index (χ2v) is 22.1. The lowest BCUT2D eigenvalue weighted by atomic mass is 10.0. The number of rotatable bonds is 60. The summed E-state index contributed by atoms with van der Waals surface area (Å²) in [6.45, 7) is 4.98. The summed E-state index contributed by atoms with van der Waals surface area (Å²) in [5.41, 5.74) is 0. The molecule has 0 bridgehead atoms. The molecule has 0 saturated heterocycles. The minimum atomic E-state index is -0.667. The minimum Gasteiger partial charge on any atom is -0.466 e. The molecule has 0 aromatic carbocycles. The van der Waals surface area contributed by atoms with E-state index in [1.165, 1.54) is 289 Å². The largest absolute Gasteiger partial charge is 0.466 e. The predicted octanol–water partition coefficient (Wildman–Crippen LogP) is 20.0. The maximum absolute atomic E-state index is 12.5. The molecule has 0 spiro atoms. The van der Waals surface area contributed by atoms with Crippen LogP contribution >= 0.6 is 0 Å². The summed E-state index contributed by atoms with van der Waals surface area (Å²) in [5, 5.41) is 23.3. The number of carbonyl (C=O) groups excluding carboxylic acids is 2. The van der Waals surface area contributed by atoms with Gasteiger partial charge in [-0.1, -0.05) is 309 Å². The fourth-order valence-corrected chi connectivity index (χ4v) is 10.2. The van der Waals surface area contributed by atoms with E-state index in [2.05, 4.69) is 31.3 Å². The Morgan fingerprint density at radius 2 is 0.671 bits per heavy atom. The van der Waals surface area contributed by atoms with E-state index < -0.39 is 12.1 Å². The lowest BCUT2D eigenvalue weighted by Crippen LogP contribution is -2.45. The highest BCUT2D eigenvalue weighted by atomic mass is 16.5. The molecule has 0 fully saturated rings. The maximum atomic E-state index is 12.5. The molecule has 70 heavy (non-hydrogen) atoms. The Bertz CT molecular complexity index is 1050. The molecule has 3 N–H and O–H groups in total. The van der Waals surface area contributed by atoms with Gasteiger partial charge in [0.15, 0.2) is 0 Å². The van der Waals surface area contributed by atoms with E-state index in [0.29, 0.717) is 25.9 Å². The van der Waals surface area contributed by atoms with Crippen molar-refractivity contribution in [1.82, 2.24) is 5.32 Å². The van der Waals surface area contributed by atoms with E-state index in [0.717, 1.165) is 38.5 Å². The van der Waals surface area contributed by atoms with Gasteiger partial charge in [0.25, 0.3) is 0 Å². The van der Waals surface area contributed by atoms with Crippen LogP contribution in [0.5, 0.6) is 0 Å². The van der Waals surface area contributed by atoms with E-state index in [4.69, 9.17) is 4.74 Å². The van der Waals surface area contributed by atoms with Crippen LogP contribution in [0.2, 0.25) is 0 Å². The molecule has 0 aromatic heterocycles. The molecule has 416 valence electrons. The van der Waals surface area contributed by atoms with Gasteiger partial charge in [-0.2, -0.15) is 0 Å². The van der Waals surface area contributed by atoms with Crippen LogP contribution in [0.3, 0.4) is 0 Å². The monoisotopic (exact) mass is 988 g/mol. The number of carbonyl (C=O) groups is 2. The lowest BCUT2D eigenvalue weighted by molar-refractivity contribution is -0.143. The molecular weight excluding hydrogens is 863 g/mol. The standard InChI is InChI=1S/C64H125NO5/c1-3-5-7-9-11-13-15-17-19-29-32-36-40-44-48-52-56-62(67)61(60-66)65-63(68)57-53-49-45-41-37-33-30-27-25-23-21-20-22-24-26-28-31-35-39-43-47-51-55-59-70-64(69)58-54-50-46-42-38-34-18-16-14-12-10-8-6-4-2/h23,25,61-62,66-67H,3-22,24,26-60H2,1-2H3,(H,65,68)/b25-23-. The third-order valence-electron chi connectivity index (χ3n) is 15.1. The molecule has 0 radical (unpaired) electrons. The van der Waals surface area contributed by atoms with E-state index in [9.17, 15) is 19.8 Å². The van der Waals surface area contributed by atoms with Crippen LogP contribution in [0.25, 0.3) is 0 Å². The van der Waals surface area contributed by atoms with E-state index in [1.54, 1.807) is 0 Å². The van der Waals surface area contributed by atoms with Crippen molar-refractivity contribution >= 4 is 11.9 Å². The van der Waals surface area contributed by atoms with Crippen molar-refractivity contribution in [3.8, 4) is 0 Å². The summed E-state index contributed by atoms with van der Waals surface area (Å²) in [6.07, 6.45) is 72.2. The molecule has 6 heteroatoms. The number of hydrogen-bond donors (Lipinski definition) is 3. The fourth-order valence-electron chi connectivity index (χ4n) is 10.2. The molecular formula is C64H125NO5. The topological polar surface area (TPSA) is 95.9 Å². The first-order valence-electron chi connectivity index (χ1n) is 31.9. The summed E-state index contributed by atoms with van der Waals surface area (Å²) in [7, 11) is 0. The van der Waals surface area contributed by atoms with Crippen LogP contribution in [0.15, 0.2) is 12.2 Å². The van der Waals surface area contributed by atoms with Crippen LogP contribution < -0.4 is 5.32 Å². The third kappa shape index (κ3) is 55.9. The Balaban J connectivity index is 3.39. The minimum absolute atomic E-state index is 0.0145. The van der Waals surface area contributed by atoms with Crippen LogP contribution in [0.4, 0.5) is 0 Å². The molecule has 2 unspecified atom stereocenters. The van der Waals surface area contributed by atoms with Gasteiger partial charge in [-0.15, -0.1) is 0 Å². The Morgan fingerprint density at radius 1 is 0.386 bits per heavy atom. The number of unbranched alkanes of at least 4 members (excludes halogenated alkanes) is 47. The normalized spacial score (nSPS) is 12.6. The second kappa shape index (κ2) is 60.2. The Labute approximate surface area is 438 Å². The Hall–Kier alpha value is -1.40. The highest BCUT2D eigenvalue weighted by Gasteiger charge is 2.20. The van der Waals surface area contributed by atoms with Crippen LogP contribution in [0, 0.1) is 0 Å². The number of allylic oxidation sites excluding steroid dienone is 2. The third-order valence-corrected chi connectivity index (χ3v) is 15.1. The molecule has 0 aromatic rings. The highest BCUT2D eigenvalue weighted by molar-refractivity contribution is 5.76. The van der Waals surface area contributed by atoms with Gasteiger partial charge >= 0.3 is 5.97 Å². The van der Waals surface area contributed by atoms with Crippen molar-refractivity contribution in [2.75, 3.05) is 13.2 Å². The summed E-state index contributed by atoms with van der Waals surface area (Å²) in [4.78, 5) is 24.5. The number of ether oxygens (including phenoxy) is 1. The summed E-state index contributed by atoms with van der Waals surface area (Å²) >= 11 is 0. The zero-order valence-electron chi connectivity index (χ0n) is 47.5. The predicted molar refractivity (Wildman–Crippen MR) is 306 cm³/mol. The Kier molecular flexibility index (Phi) is 59.0. The molecule has 0 aliphatic rings. The molecule has 0 saturated carbocycles. The van der Waals surface area contributed by atoms with Crippen molar-refractivity contribution < 1.29 is 24.5 Å². The number of hydrogen-bond acceptors (Lipinski definition) is 5. The van der Waals surface area contributed by atoms with Crippen molar-refractivity contribution in [1.29, 1.82) is 0 Å². The van der Waals surface area contributed by atoms with Crippen molar-refractivity contribution in [2.24, 2.45) is 0 Å². The van der Waals surface area contributed by atoms with Crippen molar-refractivity contribution in [2.45, 2.75) is 373 Å². The first-order valence-corrected chi connectivity index (χ1v) is 31.9. The van der Waals surface area contributed by atoms with Crippen LogP contribution in [-0.2, 0) is 14.3 Å². The number of amides is 1. The summed E-state index contributed by atoms with van der Waals surface area (Å²) in [6, 6.07) is -0.545. The van der Waals surface area contributed by atoms with Gasteiger partial charge < -0.3 is 20.3 Å². The number of esters is 1. The number of aliphatic hydroxyl groups excluding tert-OH is 2. The van der Waals surface area contributed by atoms with E-state index >= 15 is 0 Å². The second-order valence-electron chi connectivity index (χ2n) is 22.1. The number of aliphatic hydroxyl groups is 2. The molecule has 0 aliphatic carbocycles. The quantitative estimate of drug-likeness (QED) is 0.0321. The molecule has 0 rings (SSSR count). The van der Waals surface area contributed by atoms with Crippen molar-refractivity contribution in [3.63, 3.8) is 0 Å². The van der Waals surface area contributed by atoms with E-state index in [1.807, 2.05) is 0 Å². The molecule has 1 amide bonds. The maximum Gasteiger partial charge on any atom is 0.305 e. The first-order chi connectivity index (χ1) is 34.5. The van der Waals surface area contributed by atoms with Gasteiger partial charge in [-0.25, -0.2) is 0 Å². The fraction of sp³-hybridized carbons (Fsp3) is 0.938. The summed E-state index contributed by atoms with van der Waals surface area (Å²) in [5.74, 6) is -0.0238. The van der Waals surface area contributed by atoms with Gasteiger partial charge in [0.2, 0.25) is 5.91 Å². The van der Waals surface area contributed by atoms with Gasteiger partial charge in [0.1, 0.15) is 0 Å². The lowest BCUT2D eigenvalue weighted by Gasteiger charge is -2.22. The van der Waals surface area contributed by atoms with Crippen LogP contribution in [-0.4, -0.2) is 47.4 Å². The molecule has 0 heterocycles. The molecule has 6 nitrogen and oxygen atoms in total. The zero-order chi connectivity index (χ0) is 50.7. The average molecular weight is 989 g/mol. The van der Waals surface area contributed by atoms with Gasteiger partial charge in [-0.3, -0.25) is 9.59 Å². The highest BCUT2D eigenvalue weighted by Crippen LogP contribution is 2.18. The Morgan fingerprint density at radius 3 is 1.01 bits per heavy atom.